The van der Waals surface area contributed by atoms with E-state index in [9.17, 15) is 4.79 Å². The first-order valence-corrected chi connectivity index (χ1v) is 7.82. The van der Waals surface area contributed by atoms with E-state index >= 15 is 0 Å². The van der Waals surface area contributed by atoms with E-state index in [4.69, 9.17) is 10.5 Å². The number of rotatable bonds is 4. The Bertz CT molecular complexity index is 290. The molecule has 1 saturated carbocycles. The summed E-state index contributed by atoms with van der Waals surface area (Å²) in [5, 5.41) is 0. The van der Waals surface area contributed by atoms with Crippen LogP contribution in [-0.4, -0.2) is 42.6 Å². The van der Waals surface area contributed by atoms with Gasteiger partial charge in [0.15, 0.2) is 0 Å². The summed E-state index contributed by atoms with van der Waals surface area (Å²) in [6.07, 6.45) is 8.61. The van der Waals surface area contributed by atoms with Gasteiger partial charge < -0.3 is 15.4 Å². The number of amides is 1. The summed E-state index contributed by atoms with van der Waals surface area (Å²) in [6.45, 7) is 3.91. The van der Waals surface area contributed by atoms with Crippen LogP contribution >= 0.6 is 0 Å². The summed E-state index contributed by atoms with van der Waals surface area (Å²) < 4.78 is 5.69. The van der Waals surface area contributed by atoms with E-state index in [-0.39, 0.29) is 12.2 Å². The van der Waals surface area contributed by atoms with E-state index < -0.39 is 0 Å². The van der Waals surface area contributed by atoms with Crippen LogP contribution in [0.3, 0.4) is 0 Å². The third-order valence-electron chi connectivity index (χ3n) is 4.43. The zero-order valence-electron chi connectivity index (χ0n) is 12.1. The van der Waals surface area contributed by atoms with Gasteiger partial charge in [0.2, 0.25) is 5.91 Å². The average Bonchev–Trinajstić information content (AvgIpc) is 2.45. The lowest BCUT2D eigenvalue weighted by Gasteiger charge is -2.36. The Hall–Kier alpha value is -0.610. The van der Waals surface area contributed by atoms with E-state index in [0.29, 0.717) is 25.4 Å². The van der Waals surface area contributed by atoms with E-state index in [0.717, 1.165) is 18.9 Å². The largest absolute Gasteiger partial charge is 0.370 e. The zero-order chi connectivity index (χ0) is 13.7. The Kier molecular flexibility index (Phi) is 5.64. The lowest BCUT2D eigenvalue weighted by Crippen LogP contribution is -2.51. The number of nitrogens with zero attached hydrogens (tertiary/aromatic N) is 1. The van der Waals surface area contributed by atoms with E-state index in [1.165, 1.54) is 32.1 Å². The van der Waals surface area contributed by atoms with E-state index in [1.54, 1.807) is 0 Å². The van der Waals surface area contributed by atoms with Crippen LogP contribution in [0.1, 0.15) is 51.9 Å². The Morgan fingerprint density at radius 3 is 2.68 bits per heavy atom. The van der Waals surface area contributed by atoms with Gasteiger partial charge in [-0.25, -0.2) is 0 Å². The number of hydrogen-bond donors (Lipinski definition) is 1. The van der Waals surface area contributed by atoms with Gasteiger partial charge in [0.25, 0.3) is 0 Å². The first-order chi connectivity index (χ1) is 9.19. The van der Waals surface area contributed by atoms with Crippen LogP contribution in [0.15, 0.2) is 0 Å². The number of nitrogens with two attached hydrogens (primary N) is 1. The Balaban J connectivity index is 1.75. The molecular formula is C15H28N2O2. The number of carbonyl (C=O) groups excluding carboxylic acids is 1. The van der Waals surface area contributed by atoms with Gasteiger partial charge in [-0.1, -0.05) is 32.1 Å². The van der Waals surface area contributed by atoms with Gasteiger partial charge in [0, 0.05) is 26.1 Å². The summed E-state index contributed by atoms with van der Waals surface area (Å²) in [6, 6.07) is 0. The molecule has 4 nitrogen and oxygen atoms in total. The predicted octanol–water partition coefficient (Wildman–Crippen LogP) is 1.92. The second kappa shape index (κ2) is 7.25. The molecule has 1 aliphatic heterocycles. The van der Waals surface area contributed by atoms with Crippen molar-refractivity contribution in [3.05, 3.63) is 0 Å². The van der Waals surface area contributed by atoms with Gasteiger partial charge in [-0.15, -0.1) is 0 Å². The highest BCUT2D eigenvalue weighted by Crippen LogP contribution is 2.27. The van der Waals surface area contributed by atoms with E-state index in [2.05, 4.69) is 0 Å². The fourth-order valence-electron chi connectivity index (χ4n) is 3.34. The standard InChI is InChI=1S/C15H28N2O2/c1-12-10-17(11-14(9-16)19-12)15(18)8-7-13-5-3-2-4-6-13/h12-14H,2-11,16H2,1H3. The number of carbonyl (C=O) groups is 1. The Labute approximate surface area is 116 Å². The molecule has 1 aliphatic carbocycles. The molecule has 0 aromatic heterocycles. The lowest BCUT2D eigenvalue weighted by atomic mass is 9.86. The minimum absolute atomic E-state index is 0.0161. The quantitative estimate of drug-likeness (QED) is 0.847. The van der Waals surface area contributed by atoms with Crippen molar-refractivity contribution in [2.45, 2.75) is 64.1 Å². The highest BCUT2D eigenvalue weighted by Gasteiger charge is 2.27. The topological polar surface area (TPSA) is 55.6 Å². The monoisotopic (exact) mass is 268 g/mol. The average molecular weight is 268 g/mol. The second-order valence-electron chi connectivity index (χ2n) is 6.15. The first kappa shape index (κ1) is 14.8. The first-order valence-electron chi connectivity index (χ1n) is 7.82. The highest BCUT2D eigenvalue weighted by molar-refractivity contribution is 5.76. The summed E-state index contributed by atoms with van der Waals surface area (Å²) in [5.41, 5.74) is 5.66. The van der Waals surface area contributed by atoms with Gasteiger partial charge in [-0.05, 0) is 19.3 Å². The molecule has 2 fully saturated rings. The van der Waals surface area contributed by atoms with Crippen LogP contribution in [0.2, 0.25) is 0 Å². The molecule has 1 heterocycles. The van der Waals surface area contributed by atoms with Crippen molar-refractivity contribution in [2.24, 2.45) is 11.7 Å². The number of hydrogen-bond acceptors (Lipinski definition) is 3. The van der Waals surface area contributed by atoms with Crippen LogP contribution in [0.25, 0.3) is 0 Å². The second-order valence-corrected chi connectivity index (χ2v) is 6.15. The molecule has 19 heavy (non-hydrogen) atoms. The van der Waals surface area contributed by atoms with E-state index in [1.807, 2.05) is 11.8 Å². The van der Waals surface area contributed by atoms with Gasteiger partial charge >= 0.3 is 0 Å². The van der Waals surface area contributed by atoms with Crippen LogP contribution in [0, 0.1) is 5.92 Å². The molecular weight excluding hydrogens is 240 g/mol. The molecule has 0 aromatic rings. The minimum Gasteiger partial charge on any atom is -0.370 e. The highest BCUT2D eigenvalue weighted by atomic mass is 16.5. The SMILES string of the molecule is CC1CN(C(=O)CCC2CCCCC2)CC(CN)O1. The summed E-state index contributed by atoms with van der Waals surface area (Å²) >= 11 is 0. The van der Waals surface area contributed by atoms with Gasteiger partial charge in [0.1, 0.15) is 0 Å². The minimum atomic E-state index is 0.0161. The van der Waals surface area contributed by atoms with Crippen molar-refractivity contribution in [1.29, 1.82) is 0 Å². The van der Waals surface area contributed by atoms with Crippen LogP contribution < -0.4 is 5.73 Å². The molecule has 4 heteroatoms. The normalized spacial score (nSPS) is 29.5. The van der Waals surface area contributed by atoms with Crippen molar-refractivity contribution >= 4 is 5.91 Å². The van der Waals surface area contributed by atoms with Crippen molar-refractivity contribution < 1.29 is 9.53 Å². The van der Waals surface area contributed by atoms with Crippen molar-refractivity contribution in [3.8, 4) is 0 Å². The molecule has 2 atom stereocenters. The van der Waals surface area contributed by atoms with Crippen molar-refractivity contribution in [3.63, 3.8) is 0 Å². The smallest absolute Gasteiger partial charge is 0.222 e. The van der Waals surface area contributed by atoms with Crippen molar-refractivity contribution in [1.82, 2.24) is 4.90 Å². The van der Waals surface area contributed by atoms with Gasteiger partial charge in [-0.3, -0.25) is 4.79 Å². The fourth-order valence-corrected chi connectivity index (χ4v) is 3.34. The maximum absolute atomic E-state index is 12.3. The molecule has 2 aliphatic rings. The molecule has 2 rings (SSSR count). The van der Waals surface area contributed by atoms with Crippen molar-refractivity contribution in [2.75, 3.05) is 19.6 Å². The molecule has 0 spiro atoms. The fraction of sp³-hybridized carbons (Fsp3) is 0.933. The summed E-state index contributed by atoms with van der Waals surface area (Å²) in [5.74, 6) is 1.07. The zero-order valence-corrected chi connectivity index (χ0v) is 12.1. The van der Waals surface area contributed by atoms with Gasteiger partial charge in [-0.2, -0.15) is 0 Å². The Morgan fingerprint density at radius 2 is 2.00 bits per heavy atom. The third kappa shape index (κ3) is 4.46. The predicted molar refractivity (Wildman–Crippen MR) is 75.8 cm³/mol. The molecule has 1 saturated heterocycles. The number of morpholine rings is 1. The maximum Gasteiger partial charge on any atom is 0.222 e. The van der Waals surface area contributed by atoms with Crippen LogP contribution in [0.5, 0.6) is 0 Å². The lowest BCUT2D eigenvalue weighted by molar-refractivity contribution is -0.144. The summed E-state index contributed by atoms with van der Waals surface area (Å²) in [7, 11) is 0. The van der Waals surface area contributed by atoms with Crippen LogP contribution in [-0.2, 0) is 9.53 Å². The van der Waals surface area contributed by atoms with Crippen LogP contribution in [0.4, 0.5) is 0 Å². The molecule has 2 N–H and O–H groups in total. The third-order valence-corrected chi connectivity index (χ3v) is 4.43. The maximum atomic E-state index is 12.3. The number of ether oxygens (including phenoxy) is 1. The Morgan fingerprint density at radius 1 is 1.26 bits per heavy atom. The molecule has 1 amide bonds. The molecule has 0 aromatic carbocycles. The molecule has 2 unspecified atom stereocenters. The molecule has 110 valence electrons. The molecule has 0 radical (unpaired) electrons. The molecule has 0 bridgehead atoms. The van der Waals surface area contributed by atoms with Gasteiger partial charge in [0.05, 0.1) is 12.2 Å². The summed E-state index contributed by atoms with van der Waals surface area (Å²) in [4.78, 5) is 14.2.